The van der Waals surface area contributed by atoms with E-state index in [1.807, 2.05) is 0 Å². The SMILES string of the molecule is COc1ccc(C(=O)[C@@](O)(C(=O)O)[C@](O)(C(=O)O)C(=O)c2ccc(OC)cc2)cc1.OCCC1(c2ccc(F)c(F)c2)CCNC1. The van der Waals surface area contributed by atoms with Crippen molar-refractivity contribution in [2.75, 3.05) is 33.9 Å². The molecule has 3 atom stereocenters. The van der Waals surface area contributed by atoms with Gasteiger partial charge in [-0.3, -0.25) is 9.59 Å². The van der Waals surface area contributed by atoms with Gasteiger partial charge in [0.1, 0.15) is 11.5 Å². The number of aliphatic hydroxyl groups excluding tert-OH is 1. The Morgan fingerprint density at radius 3 is 1.57 bits per heavy atom. The predicted molar refractivity (Wildman–Crippen MR) is 157 cm³/mol. The second-order valence-corrected chi connectivity index (χ2v) is 10.5. The van der Waals surface area contributed by atoms with Crippen LogP contribution in [0.3, 0.4) is 0 Å². The van der Waals surface area contributed by atoms with Crippen LogP contribution in [0.1, 0.15) is 39.1 Å². The summed E-state index contributed by atoms with van der Waals surface area (Å²) < 4.78 is 35.9. The van der Waals surface area contributed by atoms with Crippen molar-refractivity contribution >= 4 is 23.5 Å². The second kappa shape index (κ2) is 14.6. The van der Waals surface area contributed by atoms with Gasteiger partial charge in [0.15, 0.2) is 11.6 Å². The standard InChI is InChI=1S/C20H18O10.C12H15F2NO/c1-29-13-7-3-11(4-8-13)15(21)19(27,17(23)24)20(28,18(25)26)16(22)12-5-9-14(30-2)10-6-12;13-10-2-1-9(7-11(10)14)12(4-6-16)3-5-15-8-12/h3-10,27-28H,1-2H3,(H,23,24)(H,25,26);1-2,7,15-16H,3-6,8H2/t19-,20-;/m1./s1. The van der Waals surface area contributed by atoms with Crippen molar-refractivity contribution in [3.63, 3.8) is 0 Å². The quantitative estimate of drug-likeness (QED) is 0.124. The van der Waals surface area contributed by atoms with E-state index >= 15 is 0 Å². The van der Waals surface area contributed by atoms with Crippen LogP contribution in [0.2, 0.25) is 0 Å². The van der Waals surface area contributed by atoms with Crippen molar-refractivity contribution in [3.8, 4) is 11.5 Å². The van der Waals surface area contributed by atoms with Crippen molar-refractivity contribution in [3.05, 3.63) is 95.1 Å². The molecule has 0 aliphatic carbocycles. The van der Waals surface area contributed by atoms with Crippen LogP contribution in [0.5, 0.6) is 11.5 Å². The smallest absolute Gasteiger partial charge is 0.348 e. The number of carbonyl (C=O) groups excluding carboxylic acids is 2. The Kier molecular flexibility index (Phi) is 11.3. The van der Waals surface area contributed by atoms with E-state index in [9.17, 15) is 48.4 Å². The molecule has 1 aliphatic rings. The Balaban J connectivity index is 0.000000300. The molecule has 3 aromatic rings. The summed E-state index contributed by atoms with van der Waals surface area (Å²) in [5.41, 5.74) is -8.49. The molecule has 1 fully saturated rings. The number of methoxy groups -OCH3 is 2. The van der Waals surface area contributed by atoms with Crippen LogP contribution in [-0.2, 0) is 15.0 Å². The summed E-state index contributed by atoms with van der Waals surface area (Å²) in [4.78, 5) is 49.4. The fraction of sp³-hybridized carbons (Fsp3) is 0.312. The van der Waals surface area contributed by atoms with Gasteiger partial charge in [-0.15, -0.1) is 0 Å². The highest BCUT2D eigenvalue weighted by molar-refractivity contribution is 6.28. The van der Waals surface area contributed by atoms with Gasteiger partial charge in [-0.2, -0.15) is 0 Å². The summed E-state index contributed by atoms with van der Waals surface area (Å²) in [5.74, 6) is -9.32. The number of aliphatic hydroxyl groups is 3. The third-order valence-electron chi connectivity index (χ3n) is 7.87. The van der Waals surface area contributed by atoms with Gasteiger partial charge < -0.3 is 40.3 Å². The first-order chi connectivity index (χ1) is 21.7. The largest absolute Gasteiger partial charge is 0.497 e. The number of carboxylic acids is 2. The lowest BCUT2D eigenvalue weighted by Crippen LogP contribution is -2.71. The highest BCUT2D eigenvalue weighted by Gasteiger charge is 2.69. The van der Waals surface area contributed by atoms with Crippen LogP contribution in [0.15, 0.2) is 66.7 Å². The minimum Gasteiger partial charge on any atom is -0.497 e. The Morgan fingerprint density at radius 1 is 0.783 bits per heavy atom. The molecule has 0 aromatic heterocycles. The molecule has 0 amide bonds. The zero-order valence-corrected chi connectivity index (χ0v) is 24.8. The van der Waals surface area contributed by atoms with Gasteiger partial charge in [-0.1, -0.05) is 6.07 Å². The molecule has 4 rings (SSSR count). The molecule has 14 heteroatoms. The molecule has 6 N–H and O–H groups in total. The fourth-order valence-corrected chi connectivity index (χ4v) is 5.12. The van der Waals surface area contributed by atoms with Gasteiger partial charge in [0.2, 0.25) is 11.6 Å². The van der Waals surface area contributed by atoms with Gasteiger partial charge in [-0.05, 0) is 85.6 Å². The van der Waals surface area contributed by atoms with E-state index in [-0.39, 0.29) is 23.5 Å². The fourth-order valence-electron chi connectivity index (χ4n) is 5.12. The number of nitrogens with one attached hydrogen (secondary N) is 1. The normalized spacial score (nSPS) is 18.2. The number of ether oxygens (including phenoxy) is 2. The Labute approximate surface area is 261 Å². The minimum atomic E-state index is -4.04. The summed E-state index contributed by atoms with van der Waals surface area (Å²) in [6.07, 6.45) is 1.42. The third kappa shape index (κ3) is 6.74. The summed E-state index contributed by atoms with van der Waals surface area (Å²) in [6.45, 7) is 1.61. The summed E-state index contributed by atoms with van der Waals surface area (Å²) >= 11 is 0. The van der Waals surface area contributed by atoms with E-state index in [4.69, 9.17) is 14.6 Å². The lowest BCUT2D eigenvalue weighted by molar-refractivity contribution is -0.187. The van der Waals surface area contributed by atoms with Crippen LogP contribution in [-0.4, -0.2) is 94.2 Å². The van der Waals surface area contributed by atoms with Gasteiger partial charge in [0.05, 0.1) is 14.2 Å². The number of aliphatic carboxylic acids is 2. The molecular formula is C32H33F2NO11. The molecule has 1 unspecified atom stereocenters. The molecule has 1 aliphatic heterocycles. The van der Waals surface area contributed by atoms with Crippen molar-refractivity contribution in [1.29, 1.82) is 0 Å². The number of ketones is 2. The predicted octanol–water partition coefficient (Wildman–Crippen LogP) is 1.98. The van der Waals surface area contributed by atoms with Gasteiger partial charge in [0.25, 0.3) is 11.2 Å². The molecule has 0 saturated carbocycles. The molecule has 0 bridgehead atoms. The van der Waals surface area contributed by atoms with Crippen molar-refractivity contribution < 1.29 is 63.0 Å². The zero-order valence-electron chi connectivity index (χ0n) is 24.8. The van der Waals surface area contributed by atoms with Crippen molar-refractivity contribution in [1.82, 2.24) is 5.32 Å². The van der Waals surface area contributed by atoms with Crippen molar-refractivity contribution in [2.24, 2.45) is 0 Å². The molecule has 1 heterocycles. The average molecular weight is 646 g/mol. The molecule has 1 saturated heterocycles. The van der Waals surface area contributed by atoms with Crippen molar-refractivity contribution in [2.45, 2.75) is 29.5 Å². The maximum Gasteiger partial charge on any atom is 0.348 e. The zero-order chi connectivity index (χ0) is 34.3. The number of benzene rings is 3. The molecule has 0 spiro atoms. The van der Waals surface area contributed by atoms with E-state index in [0.29, 0.717) is 13.0 Å². The topological polar surface area (TPSA) is 200 Å². The second-order valence-electron chi connectivity index (χ2n) is 10.5. The van der Waals surface area contributed by atoms with E-state index in [1.165, 1.54) is 44.6 Å². The van der Waals surface area contributed by atoms with Gasteiger partial charge >= 0.3 is 11.9 Å². The molecule has 3 aromatic carbocycles. The third-order valence-corrected chi connectivity index (χ3v) is 7.87. The first kappa shape index (κ1) is 35.7. The van der Waals surface area contributed by atoms with Crippen LogP contribution < -0.4 is 14.8 Å². The van der Waals surface area contributed by atoms with Crippen LogP contribution in [0, 0.1) is 11.6 Å². The Morgan fingerprint density at radius 2 is 1.24 bits per heavy atom. The van der Waals surface area contributed by atoms with E-state index in [1.54, 1.807) is 6.07 Å². The molecule has 246 valence electrons. The Bertz CT molecular complexity index is 1490. The first-order valence-electron chi connectivity index (χ1n) is 13.8. The number of hydrogen-bond donors (Lipinski definition) is 6. The summed E-state index contributed by atoms with van der Waals surface area (Å²) in [5, 5.41) is 52.8. The first-order valence-corrected chi connectivity index (χ1v) is 13.8. The van der Waals surface area contributed by atoms with Crippen LogP contribution >= 0.6 is 0 Å². The highest BCUT2D eigenvalue weighted by atomic mass is 19.2. The van der Waals surface area contributed by atoms with Gasteiger partial charge in [-0.25, -0.2) is 18.4 Å². The summed E-state index contributed by atoms with van der Waals surface area (Å²) in [6, 6.07) is 13.2. The van der Waals surface area contributed by atoms with Crippen LogP contribution in [0.25, 0.3) is 0 Å². The summed E-state index contributed by atoms with van der Waals surface area (Å²) in [7, 11) is 2.67. The number of rotatable bonds is 12. The maximum absolute atomic E-state index is 13.2. The monoisotopic (exact) mass is 645 g/mol. The molecule has 46 heavy (non-hydrogen) atoms. The molecule has 0 radical (unpaired) electrons. The Hall–Kier alpha value is -4.76. The number of carboxylic acid groups (broad SMARTS) is 2. The van der Waals surface area contributed by atoms with E-state index < -0.39 is 57.5 Å². The van der Waals surface area contributed by atoms with Crippen LogP contribution in [0.4, 0.5) is 8.78 Å². The van der Waals surface area contributed by atoms with Gasteiger partial charge in [0, 0.05) is 29.7 Å². The highest BCUT2D eigenvalue weighted by Crippen LogP contribution is 2.35. The maximum atomic E-state index is 13.2. The lowest BCUT2D eigenvalue weighted by atomic mass is 9.73. The average Bonchev–Trinajstić information content (AvgIpc) is 3.54. The minimum absolute atomic E-state index is 0.0562. The number of halogens is 2. The number of hydrogen-bond acceptors (Lipinski definition) is 10. The van der Waals surface area contributed by atoms with E-state index in [2.05, 4.69) is 5.32 Å². The molecule has 12 nitrogen and oxygen atoms in total. The molecular weight excluding hydrogens is 612 g/mol. The number of Topliss-reactive ketones (excluding diaryl/α,β-unsaturated/α-hetero) is 2. The number of carbonyl (C=O) groups is 4. The van der Waals surface area contributed by atoms with E-state index in [0.717, 1.165) is 48.9 Å². The lowest BCUT2D eigenvalue weighted by Gasteiger charge is -2.34.